The normalized spacial score (nSPS) is 11.7. The Kier molecular flexibility index (Phi) is 3.47. The third-order valence-electron chi connectivity index (χ3n) is 3.40. The maximum Gasteiger partial charge on any atom is 0.262 e. The SMILES string of the molecule is Cc1ccc(S(=O)(=O)Nc2sc3ccccc3c2C)cc1. The van der Waals surface area contributed by atoms with Gasteiger partial charge in [0.15, 0.2) is 0 Å². The van der Waals surface area contributed by atoms with E-state index in [1.165, 1.54) is 11.3 Å². The number of thiophene rings is 1. The van der Waals surface area contributed by atoms with Crippen LogP contribution in [0, 0.1) is 13.8 Å². The van der Waals surface area contributed by atoms with E-state index in [1.54, 1.807) is 24.3 Å². The molecule has 0 aliphatic heterocycles. The first-order valence-electron chi connectivity index (χ1n) is 6.55. The van der Waals surface area contributed by atoms with Gasteiger partial charge >= 0.3 is 0 Å². The second-order valence-corrected chi connectivity index (χ2v) is 7.71. The minimum Gasteiger partial charge on any atom is -0.270 e. The van der Waals surface area contributed by atoms with Gasteiger partial charge in [0.1, 0.15) is 5.00 Å². The van der Waals surface area contributed by atoms with Crippen LogP contribution in [0.3, 0.4) is 0 Å². The third kappa shape index (κ3) is 2.66. The Balaban J connectivity index is 2.01. The Morgan fingerprint density at radius 3 is 2.29 bits per heavy atom. The number of rotatable bonds is 3. The van der Waals surface area contributed by atoms with Crippen LogP contribution in [0.25, 0.3) is 10.1 Å². The molecule has 1 aromatic heterocycles. The van der Waals surface area contributed by atoms with Crippen molar-refractivity contribution in [3.8, 4) is 0 Å². The first-order chi connectivity index (χ1) is 9.97. The van der Waals surface area contributed by atoms with Gasteiger partial charge < -0.3 is 0 Å². The lowest BCUT2D eigenvalue weighted by Gasteiger charge is -2.07. The summed E-state index contributed by atoms with van der Waals surface area (Å²) in [7, 11) is -3.54. The number of nitrogens with one attached hydrogen (secondary N) is 1. The molecule has 3 aromatic rings. The molecule has 0 atom stereocenters. The van der Waals surface area contributed by atoms with Gasteiger partial charge in [0.25, 0.3) is 10.0 Å². The van der Waals surface area contributed by atoms with E-state index in [9.17, 15) is 8.42 Å². The first kappa shape index (κ1) is 14.1. The maximum atomic E-state index is 12.4. The molecule has 1 heterocycles. The number of fused-ring (bicyclic) bond motifs is 1. The Hall–Kier alpha value is -1.85. The average molecular weight is 317 g/mol. The smallest absolute Gasteiger partial charge is 0.262 e. The van der Waals surface area contributed by atoms with E-state index in [2.05, 4.69) is 4.72 Å². The van der Waals surface area contributed by atoms with Gasteiger partial charge in [0.05, 0.1) is 4.90 Å². The van der Waals surface area contributed by atoms with Crippen molar-refractivity contribution in [1.29, 1.82) is 0 Å². The Morgan fingerprint density at radius 1 is 0.952 bits per heavy atom. The van der Waals surface area contributed by atoms with Crippen LogP contribution >= 0.6 is 11.3 Å². The molecule has 21 heavy (non-hydrogen) atoms. The van der Waals surface area contributed by atoms with Gasteiger partial charge in [-0.15, -0.1) is 11.3 Å². The number of anilines is 1. The first-order valence-corrected chi connectivity index (χ1v) is 8.85. The molecule has 0 bridgehead atoms. The molecule has 0 radical (unpaired) electrons. The van der Waals surface area contributed by atoms with Gasteiger partial charge in [-0.25, -0.2) is 8.42 Å². The predicted molar refractivity (Wildman–Crippen MR) is 88.5 cm³/mol. The molecule has 0 saturated carbocycles. The number of aryl methyl sites for hydroxylation is 2. The summed E-state index contributed by atoms with van der Waals surface area (Å²) < 4.78 is 28.7. The van der Waals surface area contributed by atoms with Crippen molar-refractivity contribution in [3.63, 3.8) is 0 Å². The summed E-state index contributed by atoms with van der Waals surface area (Å²) in [6.07, 6.45) is 0. The lowest BCUT2D eigenvalue weighted by molar-refractivity contribution is 0.601. The highest BCUT2D eigenvalue weighted by Crippen LogP contribution is 2.36. The second-order valence-electron chi connectivity index (χ2n) is 4.97. The van der Waals surface area contributed by atoms with Crippen LogP contribution in [-0.2, 0) is 10.0 Å². The molecule has 0 saturated heterocycles. The molecule has 0 aliphatic rings. The number of hydrogen-bond donors (Lipinski definition) is 1. The molecule has 0 unspecified atom stereocenters. The fraction of sp³-hybridized carbons (Fsp3) is 0.125. The van der Waals surface area contributed by atoms with Gasteiger partial charge in [-0.3, -0.25) is 4.72 Å². The second kappa shape index (κ2) is 5.16. The molecule has 0 spiro atoms. The molecular weight excluding hydrogens is 302 g/mol. The van der Waals surface area contributed by atoms with Gasteiger partial charge in [0, 0.05) is 4.70 Å². The van der Waals surface area contributed by atoms with Crippen molar-refractivity contribution < 1.29 is 8.42 Å². The monoisotopic (exact) mass is 317 g/mol. The molecule has 0 amide bonds. The summed E-state index contributed by atoms with van der Waals surface area (Å²) in [6.45, 7) is 3.87. The Morgan fingerprint density at radius 2 is 1.62 bits per heavy atom. The number of sulfonamides is 1. The number of benzene rings is 2. The summed E-state index contributed by atoms with van der Waals surface area (Å²) in [6, 6.07) is 14.8. The van der Waals surface area contributed by atoms with Crippen molar-refractivity contribution in [2.45, 2.75) is 18.7 Å². The van der Waals surface area contributed by atoms with Gasteiger partial charge in [-0.2, -0.15) is 0 Å². The minimum absolute atomic E-state index is 0.282. The van der Waals surface area contributed by atoms with E-state index < -0.39 is 10.0 Å². The van der Waals surface area contributed by atoms with Crippen LogP contribution in [0.2, 0.25) is 0 Å². The Labute approximate surface area is 128 Å². The lowest BCUT2D eigenvalue weighted by atomic mass is 10.2. The van der Waals surface area contributed by atoms with Crippen molar-refractivity contribution in [2.24, 2.45) is 0 Å². The molecular formula is C16H15NO2S2. The average Bonchev–Trinajstić information content (AvgIpc) is 2.76. The molecule has 3 rings (SSSR count). The van der Waals surface area contributed by atoms with E-state index in [4.69, 9.17) is 0 Å². The van der Waals surface area contributed by atoms with Crippen molar-refractivity contribution in [2.75, 3.05) is 4.72 Å². The van der Waals surface area contributed by atoms with E-state index in [-0.39, 0.29) is 4.90 Å². The highest BCUT2D eigenvalue weighted by Gasteiger charge is 2.17. The zero-order valence-electron chi connectivity index (χ0n) is 11.8. The summed E-state index contributed by atoms with van der Waals surface area (Å²) in [5.41, 5.74) is 2.00. The zero-order chi connectivity index (χ0) is 15.0. The summed E-state index contributed by atoms with van der Waals surface area (Å²) in [4.78, 5) is 0.282. The lowest BCUT2D eigenvalue weighted by Crippen LogP contribution is -2.12. The maximum absolute atomic E-state index is 12.4. The van der Waals surface area contributed by atoms with Crippen molar-refractivity contribution in [3.05, 3.63) is 59.7 Å². The standard InChI is InChI=1S/C16H15NO2S2/c1-11-7-9-13(10-8-11)21(18,19)17-16-12(2)14-5-3-4-6-15(14)20-16/h3-10,17H,1-2H3. The molecule has 108 valence electrons. The summed E-state index contributed by atoms with van der Waals surface area (Å²) in [5, 5.41) is 1.76. The highest BCUT2D eigenvalue weighted by molar-refractivity contribution is 7.93. The fourth-order valence-corrected chi connectivity index (χ4v) is 4.64. The molecule has 5 heteroatoms. The van der Waals surface area contributed by atoms with Gasteiger partial charge in [-0.05, 0) is 43.0 Å². The van der Waals surface area contributed by atoms with Gasteiger partial charge in [-0.1, -0.05) is 35.9 Å². The van der Waals surface area contributed by atoms with E-state index in [0.717, 1.165) is 21.2 Å². The highest BCUT2D eigenvalue weighted by atomic mass is 32.2. The Bertz CT molecular complexity index is 894. The van der Waals surface area contributed by atoms with E-state index >= 15 is 0 Å². The topological polar surface area (TPSA) is 46.2 Å². The van der Waals surface area contributed by atoms with Crippen molar-refractivity contribution in [1.82, 2.24) is 0 Å². The van der Waals surface area contributed by atoms with Crippen molar-refractivity contribution >= 4 is 36.4 Å². The molecule has 3 nitrogen and oxygen atoms in total. The van der Waals surface area contributed by atoms with Crippen LogP contribution in [0.5, 0.6) is 0 Å². The minimum atomic E-state index is -3.54. The molecule has 0 fully saturated rings. The van der Waals surface area contributed by atoms with E-state index in [1.807, 2.05) is 38.1 Å². The van der Waals surface area contributed by atoms with Crippen LogP contribution < -0.4 is 4.72 Å². The third-order valence-corrected chi connectivity index (χ3v) is 6.09. The zero-order valence-corrected chi connectivity index (χ0v) is 13.4. The van der Waals surface area contributed by atoms with Crippen LogP contribution in [-0.4, -0.2) is 8.42 Å². The van der Waals surface area contributed by atoms with E-state index in [0.29, 0.717) is 5.00 Å². The fourth-order valence-electron chi connectivity index (χ4n) is 2.17. The van der Waals surface area contributed by atoms with Gasteiger partial charge in [0.2, 0.25) is 0 Å². The number of hydrogen-bond acceptors (Lipinski definition) is 3. The summed E-state index contributed by atoms with van der Waals surface area (Å²) in [5.74, 6) is 0. The molecule has 2 aromatic carbocycles. The van der Waals surface area contributed by atoms with Crippen LogP contribution in [0.15, 0.2) is 53.4 Å². The molecule has 0 aliphatic carbocycles. The predicted octanol–water partition coefficient (Wildman–Crippen LogP) is 4.32. The summed E-state index contributed by atoms with van der Waals surface area (Å²) >= 11 is 1.46. The molecule has 1 N–H and O–H groups in total. The van der Waals surface area contributed by atoms with Crippen LogP contribution in [0.1, 0.15) is 11.1 Å². The largest absolute Gasteiger partial charge is 0.270 e. The quantitative estimate of drug-likeness (QED) is 0.782. The van der Waals surface area contributed by atoms with Crippen LogP contribution in [0.4, 0.5) is 5.00 Å².